The van der Waals surface area contributed by atoms with Crippen LogP contribution in [0.25, 0.3) is 0 Å². The maximum absolute atomic E-state index is 6.23. The number of rotatable bonds is 4. The molecule has 0 fully saturated rings. The Morgan fingerprint density at radius 3 is 2.41 bits per heavy atom. The van der Waals surface area contributed by atoms with Crippen LogP contribution in [0.15, 0.2) is 18.2 Å². The molecule has 0 spiro atoms. The third kappa shape index (κ3) is 4.17. The van der Waals surface area contributed by atoms with E-state index in [0.717, 1.165) is 18.5 Å². The van der Waals surface area contributed by atoms with E-state index in [1.54, 1.807) is 0 Å². The van der Waals surface area contributed by atoms with Crippen molar-refractivity contribution in [3.05, 3.63) is 33.8 Å². The highest BCUT2D eigenvalue weighted by Crippen LogP contribution is 2.29. The first-order chi connectivity index (χ1) is 7.86. The summed E-state index contributed by atoms with van der Waals surface area (Å²) < 4.78 is 0. The monoisotopic (exact) mass is 273 g/mol. The average molecular weight is 274 g/mol. The Balaban J connectivity index is 2.90. The number of hydrogen-bond donors (Lipinski definition) is 1. The topological polar surface area (TPSA) is 12.0 Å². The number of hydrogen-bond acceptors (Lipinski definition) is 1. The summed E-state index contributed by atoms with van der Waals surface area (Å²) in [4.78, 5) is 0. The Morgan fingerprint density at radius 2 is 1.88 bits per heavy atom. The summed E-state index contributed by atoms with van der Waals surface area (Å²) in [6, 6.07) is 6.22. The van der Waals surface area contributed by atoms with Crippen LogP contribution in [0.4, 0.5) is 0 Å². The average Bonchev–Trinajstić information content (AvgIpc) is 2.22. The molecule has 0 aromatic heterocycles. The molecule has 1 rings (SSSR count). The first-order valence-corrected chi connectivity index (χ1v) is 6.78. The number of nitrogens with one attached hydrogen (secondary N) is 1. The molecule has 17 heavy (non-hydrogen) atoms. The minimum absolute atomic E-state index is 0.196. The van der Waals surface area contributed by atoms with Gasteiger partial charge in [-0.25, -0.2) is 0 Å². The van der Waals surface area contributed by atoms with Gasteiger partial charge in [0.05, 0.1) is 10.0 Å². The highest BCUT2D eigenvalue weighted by molar-refractivity contribution is 6.42. The van der Waals surface area contributed by atoms with Gasteiger partial charge in [-0.2, -0.15) is 0 Å². The maximum Gasteiger partial charge on any atom is 0.0624 e. The predicted octanol–water partition coefficient (Wildman–Crippen LogP) is 4.56. The number of halogens is 2. The van der Waals surface area contributed by atoms with E-state index >= 15 is 0 Å². The Labute approximate surface area is 115 Å². The second-order valence-corrected chi connectivity index (χ2v) is 6.18. The van der Waals surface area contributed by atoms with E-state index in [9.17, 15) is 0 Å². The third-order valence-corrected chi connectivity index (χ3v) is 3.81. The highest BCUT2D eigenvalue weighted by Gasteiger charge is 2.24. The van der Waals surface area contributed by atoms with Crippen LogP contribution in [0.1, 0.15) is 33.3 Å². The molecule has 0 bridgehead atoms. The van der Waals surface area contributed by atoms with Crippen LogP contribution in [0.5, 0.6) is 0 Å². The lowest BCUT2D eigenvalue weighted by molar-refractivity contribution is 0.270. The molecule has 0 aliphatic carbocycles. The zero-order valence-electron chi connectivity index (χ0n) is 11.0. The van der Waals surface area contributed by atoms with Crippen LogP contribution < -0.4 is 5.32 Å². The summed E-state index contributed by atoms with van der Waals surface area (Å²) >= 11 is 12.3. The van der Waals surface area contributed by atoms with Crippen molar-refractivity contribution < 1.29 is 0 Å². The van der Waals surface area contributed by atoms with Crippen molar-refractivity contribution in [3.63, 3.8) is 0 Å². The van der Waals surface area contributed by atoms with Gasteiger partial charge in [-0.15, -0.1) is 0 Å². The molecule has 0 saturated carbocycles. The summed E-state index contributed by atoms with van der Waals surface area (Å²) in [6.45, 7) is 9.79. The molecule has 96 valence electrons. The van der Waals surface area contributed by atoms with Crippen LogP contribution in [0.3, 0.4) is 0 Å². The summed E-state index contributed by atoms with van der Waals surface area (Å²) in [5.41, 5.74) is 1.31. The van der Waals surface area contributed by atoms with E-state index < -0.39 is 0 Å². The van der Waals surface area contributed by atoms with E-state index in [1.807, 2.05) is 18.2 Å². The van der Waals surface area contributed by atoms with Gasteiger partial charge in [0.1, 0.15) is 0 Å². The summed E-state index contributed by atoms with van der Waals surface area (Å²) in [5.74, 6) is 0. The van der Waals surface area contributed by atoms with Gasteiger partial charge in [0.2, 0.25) is 0 Å². The molecule has 0 aliphatic heterocycles. The van der Waals surface area contributed by atoms with E-state index in [4.69, 9.17) is 23.2 Å². The molecular weight excluding hydrogens is 253 g/mol. The first kappa shape index (κ1) is 14.8. The standard InChI is InChI=1S/C14H21Cl2N/c1-5-17-12(14(2,3)4)9-10-7-6-8-11(15)13(10)16/h6-8,12,17H,5,9H2,1-4H3. The van der Waals surface area contributed by atoms with Crippen LogP contribution in [-0.2, 0) is 6.42 Å². The Bertz CT molecular complexity index is 369. The maximum atomic E-state index is 6.23. The van der Waals surface area contributed by atoms with Crippen LogP contribution in [0, 0.1) is 5.41 Å². The molecule has 1 nitrogen and oxygen atoms in total. The molecule has 0 aliphatic rings. The van der Waals surface area contributed by atoms with Crippen molar-refractivity contribution in [3.8, 4) is 0 Å². The van der Waals surface area contributed by atoms with Crippen molar-refractivity contribution in [2.45, 2.75) is 40.2 Å². The van der Waals surface area contributed by atoms with Crippen LogP contribution in [0.2, 0.25) is 10.0 Å². The van der Waals surface area contributed by atoms with Crippen LogP contribution >= 0.6 is 23.2 Å². The fourth-order valence-electron chi connectivity index (χ4n) is 1.86. The largest absolute Gasteiger partial charge is 0.313 e. The van der Waals surface area contributed by atoms with Gasteiger partial charge in [0.15, 0.2) is 0 Å². The molecule has 1 N–H and O–H groups in total. The molecule has 0 amide bonds. The quantitative estimate of drug-likeness (QED) is 0.848. The molecule has 0 heterocycles. The predicted molar refractivity (Wildman–Crippen MR) is 77.1 cm³/mol. The Kier molecular flexibility index (Phi) is 5.30. The number of benzene rings is 1. The van der Waals surface area contributed by atoms with Crippen molar-refractivity contribution in [2.24, 2.45) is 5.41 Å². The second kappa shape index (κ2) is 6.08. The molecule has 1 unspecified atom stereocenters. The van der Waals surface area contributed by atoms with Gasteiger partial charge in [-0.1, -0.05) is 63.0 Å². The summed E-state index contributed by atoms with van der Waals surface area (Å²) in [7, 11) is 0. The molecule has 1 atom stereocenters. The molecule has 1 aromatic rings. The second-order valence-electron chi connectivity index (χ2n) is 5.39. The zero-order valence-corrected chi connectivity index (χ0v) is 12.5. The Morgan fingerprint density at radius 1 is 1.24 bits per heavy atom. The smallest absolute Gasteiger partial charge is 0.0624 e. The van der Waals surface area contributed by atoms with Crippen molar-refractivity contribution in [1.82, 2.24) is 5.32 Å². The SMILES string of the molecule is CCNC(Cc1cccc(Cl)c1Cl)C(C)(C)C. The minimum Gasteiger partial charge on any atom is -0.313 e. The van der Waals surface area contributed by atoms with Crippen molar-refractivity contribution in [2.75, 3.05) is 6.54 Å². The van der Waals surface area contributed by atoms with Gasteiger partial charge in [0.25, 0.3) is 0 Å². The lowest BCUT2D eigenvalue weighted by Crippen LogP contribution is -2.41. The summed E-state index contributed by atoms with van der Waals surface area (Å²) in [6.07, 6.45) is 0.900. The van der Waals surface area contributed by atoms with Crippen LogP contribution in [-0.4, -0.2) is 12.6 Å². The molecule has 1 aromatic carbocycles. The zero-order chi connectivity index (χ0) is 13.1. The third-order valence-electron chi connectivity index (χ3n) is 2.95. The van der Waals surface area contributed by atoms with Gasteiger partial charge in [0, 0.05) is 6.04 Å². The lowest BCUT2D eigenvalue weighted by atomic mass is 9.83. The minimum atomic E-state index is 0.196. The molecular formula is C14H21Cl2N. The molecule has 0 radical (unpaired) electrons. The fraction of sp³-hybridized carbons (Fsp3) is 0.571. The van der Waals surface area contributed by atoms with E-state index in [0.29, 0.717) is 16.1 Å². The van der Waals surface area contributed by atoms with Gasteiger partial charge >= 0.3 is 0 Å². The van der Waals surface area contributed by atoms with Crippen molar-refractivity contribution >= 4 is 23.2 Å². The lowest BCUT2D eigenvalue weighted by Gasteiger charge is -2.32. The van der Waals surface area contributed by atoms with E-state index in [1.165, 1.54) is 0 Å². The molecule has 0 saturated heterocycles. The first-order valence-electron chi connectivity index (χ1n) is 6.02. The van der Waals surface area contributed by atoms with Gasteiger partial charge < -0.3 is 5.32 Å². The molecule has 3 heteroatoms. The normalized spacial score (nSPS) is 13.8. The van der Waals surface area contributed by atoms with E-state index in [2.05, 4.69) is 33.0 Å². The van der Waals surface area contributed by atoms with Gasteiger partial charge in [-0.3, -0.25) is 0 Å². The number of likely N-dealkylation sites (N-methyl/N-ethyl adjacent to an activating group) is 1. The summed E-state index contributed by atoms with van der Waals surface area (Å²) in [5, 5.41) is 4.83. The highest BCUT2D eigenvalue weighted by atomic mass is 35.5. The van der Waals surface area contributed by atoms with E-state index in [-0.39, 0.29) is 5.41 Å². The van der Waals surface area contributed by atoms with Crippen molar-refractivity contribution in [1.29, 1.82) is 0 Å². The van der Waals surface area contributed by atoms with Gasteiger partial charge in [-0.05, 0) is 30.0 Å². The Hall–Kier alpha value is -0.240. The fourth-order valence-corrected chi connectivity index (χ4v) is 2.25.